The van der Waals surface area contributed by atoms with Gasteiger partial charge in [0.1, 0.15) is 6.10 Å². The molecule has 3 N–H and O–H groups in total. The largest absolute Gasteiger partial charge is 0.446 e. The predicted octanol–water partition coefficient (Wildman–Crippen LogP) is 4.61. The second kappa shape index (κ2) is 14.7. The summed E-state index contributed by atoms with van der Waals surface area (Å²) < 4.78 is 47.3. The summed E-state index contributed by atoms with van der Waals surface area (Å²) in [5.74, 6) is -0.0525. The van der Waals surface area contributed by atoms with Gasteiger partial charge in [-0.25, -0.2) is 18.2 Å². The Morgan fingerprint density at radius 3 is 2.53 bits per heavy atom. The number of nitrogens with one attached hydrogen (secondary N) is 2. The molecule has 2 aliphatic heterocycles. The molecule has 0 aliphatic carbocycles. The smallest absolute Gasteiger partial charge is 0.407 e. The highest BCUT2D eigenvalue weighted by atomic mass is 32.2. The molecule has 0 spiro atoms. The molecule has 2 aromatic carbocycles. The Morgan fingerprint density at radius 1 is 1.09 bits per heavy atom. The molecule has 1 aromatic heterocycles. The summed E-state index contributed by atoms with van der Waals surface area (Å²) in [5, 5.41) is 18.4. The summed E-state index contributed by atoms with van der Waals surface area (Å²) in [6.07, 6.45) is -1.04. The quantitative estimate of drug-likeness (QED) is 0.240. The number of rotatable bonds is 13. The number of ether oxygens (including phenoxy) is 3. The van der Waals surface area contributed by atoms with Crippen LogP contribution in [0.4, 0.5) is 9.93 Å². The van der Waals surface area contributed by atoms with Gasteiger partial charge in [0.05, 0.1) is 40.5 Å². The zero-order valence-electron chi connectivity index (χ0n) is 26.2. The van der Waals surface area contributed by atoms with Crippen molar-refractivity contribution in [3.63, 3.8) is 0 Å². The molecular weight excluding hydrogens is 617 g/mol. The van der Waals surface area contributed by atoms with Crippen molar-refractivity contribution in [3.05, 3.63) is 54.1 Å². The molecule has 3 heterocycles. The minimum Gasteiger partial charge on any atom is -0.446 e. The highest BCUT2D eigenvalue weighted by Crippen LogP contribution is 2.33. The van der Waals surface area contributed by atoms with Crippen LogP contribution in [0.25, 0.3) is 10.2 Å². The van der Waals surface area contributed by atoms with Gasteiger partial charge in [-0.2, -0.15) is 4.31 Å². The minimum absolute atomic E-state index is 0.0125. The van der Waals surface area contributed by atoms with Gasteiger partial charge in [-0.15, -0.1) is 0 Å². The van der Waals surface area contributed by atoms with E-state index >= 15 is 0 Å². The minimum atomic E-state index is -4.00. The summed E-state index contributed by atoms with van der Waals surface area (Å²) in [7, 11) is -4.00. The van der Waals surface area contributed by atoms with Crippen molar-refractivity contribution in [1.29, 1.82) is 0 Å². The third-order valence-corrected chi connectivity index (χ3v) is 10.7. The van der Waals surface area contributed by atoms with Crippen molar-refractivity contribution in [2.24, 2.45) is 11.8 Å². The van der Waals surface area contributed by atoms with Crippen LogP contribution < -0.4 is 10.6 Å². The molecule has 0 unspecified atom stereocenters. The van der Waals surface area contributed by atoms with Crippen molar-refractivity contribution < 1.29 is 32.5 Å². The molecule has 2 aliphatic rings. The number of hydrogen-bond acceptors (Lipinski definition) is 10. The van der Waals surface area contributed by atoms with E-state index in [0.29, 0.717) is 25.2 Å². The van der Waals surface area contributed by atoms with Gasteiger partial charge < -0.3 is 30.0 Å². The first-order valence-electron chi connectivity index (χ1n) is 15.6. The van der Waals surface area contributed by atoms with Crippen LogP contribution in [-0.4, -0.2) is 85.8 Å². The molecule has 0 radical (unpaired) electrons. The molecule has 2 saturated heterocycles. The number of hydrogen-bond donors (Lipinski definition) is 3. The molecule has 0 bridgehead atoms. The lowest BCUT2D eigenvalue weighted by atomic mass is 9.95. The number of aromatic nitrogens is 1. The van der Waals surface area contributed by atoms with E-state index in [2.05, 4.69) is 15.6 Å². The van der Waals surface area contributed by atoms with Crippen LogP contribution in [-0.2, 0) is 30.7 Å². The number of fused-ring (bicyclic) bond motifs is 2. The van der Waals surface area contributed by atoms with Gasteiger partial charge >= 0.3 is 6.09 Å². The van der Waals surface area contributed by atoms with E-state index in [-0.39, 0.29) is 54.7 Å². The first kappa shape index (κ1) is 33.6. The van der Waals surface area contributed by atoms with E-state index < -0.39 is 28.3 Å². The van der Waals surface area contributed by atoms with Crippen LogP contribution in [0.1, 0.15) is 46.1 Å². The Kier molecular flexibility index (Phi) is 11.0. The lowest BCUT2D eigenvalue weighted by Gasteiger charge is -2.33. The third-order valence-electron chi connectivity index (χ3n) is 7.94. The average Bonchev–Trinajstić information content (AvgIpc) is 3.63. The van der Waals surface area contributed by atoms with Crippen molar-refractivity contribution in [2.45, 2.75) is 82.4 Å². The normalized spacial score (nSPS) is 21.6. The monoisotopic (exact) mass is 660 g/mol. The summed E-state index contributed by atoms with van der Waals surface area (Å²) >= 11 is 1.40. The zero-order chi connectivity index (χ0) is 32.1. The Labute approximate surface area is 269 Å². The second-order valence-electron chi connectivity index (χ2n) is 12.5. The topological polar surface area (TPSA) is 139 Å². The van der Waals surface area contributed by atoms with Crippen LogP contribution in [0.5, 0.6) is 0 Å². The van der Waals surface area contributed by atoms with Crippen LogP contribution in [0.2, 0.25) is 0 Å². The predicted molar refractivity (Wildman–Crippen MR) is 174 cm³/mol. The van der Waals surface area contributed by atoms with E-state index in [1.54, 1.807) is 18.2 Å². The number of aliphatic hydroxyl groups is 1. The Hall–Kier alpha value is -2.81. The van der Waals surface area contributed by atoms with Gasteiger partial charge in [-0.1, -0.05) is 55.5 Å². The van der Waals surface area contributed by atoms with E-state index in [9.17, 15) is 18.3 Å². The summed E-state index contributed by atoms with van der Waals surface area (Å²) in [6.45, 7) is 8.84. The van der Waals surface area contributed by atoms with Gasteiger partial charge in [0, 0.05) is 31.5 Å². The number of alkyl carbamates (subject to hydrolysis) is 1. The molecular formula is C32H44N4O7S2. The Morgan fingerprint density at radius 2 is 1.82 bits per heavy atom. The fourth-order valence-corrected chi connectivity index (χ4v) is 8.56. The zero-order valence-corrected chi connectivity index (χ0v) is 27.9. The first-order valence-corrected chi connectivity index (χ1v) is 17.8. The van der Waals surface area contributed by atoms with Crippen LogP contribution in [0.3, 0.4) is 0 Å². The van der Waals surface area contributed by atoms with Gasteiger partial charge in [0.2, 0.25) is 10.0 Å². The highest BCUT2D eigenvalue weighted by molar-refractivity contribution is 7.89. The highest BCUT2D eigenvalue weighted by Gasteiger charge is 2.41. The number of anilines is 1. The Bertz CT molecular complexity index is 1530. The van der Waals surface area contributed by atoms with Gasteiger partial charge in [0.15, 0.2) is 11.4 Å². The van der Waals surface area contributed by atoms with Crippen LogP contribution >= 0.6 is 11.3 Å². The number of nitrogens with zero attached hydrogens (tertiary/aromatic N) is 2. The van der Waals surface area contributed by atoms with Crippen LogP contribution in [0.15, 0.2) is 53.4 Å². The van der Waals surface area contributed by atoms with E-state index in [1.165, 1.54) is 15.6 Å². The van der Waals surface area contributed by atoms with Gasteiger partial charge in [-0.3, -0.25) is 0 Å². The lowest BCUT2D eigenvalue weighted by molar-refractivity contribution is -0.179. The molecule has 2 fully saturated rings. The maximum absolute atomic E-state index is 14.1. The molecule has 246 valence electrons. The van der Waals surface area contributed by atoms with E-state index in [1.807, 2.05) is 58.0 Å². The number of aliphatic hydroxyl groups excluding tert-OH is 1. The van der Waals surface area contributed by atoms with Crippen molar-refractivity contribution in [3.8, 4) is 0 Å². The number of amides is 1. The summed E-state index contributed by atoms with van der Waals surface area (Å²) in [5.41, 5.74) is 1.60. The first-order chi connectivity index (χ1) is 21.5. The fraction of sp³-hybridized carbons (Fsp3) is 0.562. The third kappa shape index (κ3) is 8.52. The molecule has 45 heavy (non-hydrogen) atoms. The van der Waals surface area contributed by atoms with Gasteiger partial charge in [-0.05, 0) is 56.4 Å². The number of thiazole rings is 1. The molecule has 1 amide bonds. The van der Waals surface area contributed by atoms with Crippen molar-refractivity contribution >= 4 is 42.8 Å². The summed E-state index contributed by atoms with van der Waals surface area (Å²) in [6, 6.07) is 13.7. The van der Waals surface area contributed by atoms with Crippen LogP contribution in [0, 0.1) is 11.8 Å². The number of benzene rings is 2. The average molecular weight is 661 g/mol. The number of sulfonamides is 1. The van der Waals surface area contributed by atoms with E-state index in [4.69, 9.17) is 14.2 Å². The maximum Gasteiger partial charge on any atom is 0.407 e. The SMILES string of the molecule is CC(C)CN(C[C@@H](O)[C@H](Cc1ccccc1)NC(=O)O[C@H]1CCO[C@H]2OCC[C@H]21)S(=O)(=O)c1ccc2nc(NC(C)C)sc2c1. The molecule has 0 saturated carbocycles. The second-order valence-corrected chi connectivity index (χ2v) is 15.4. The molecule has 5 atom stereocenters. The number of carbonyl (C=O) groups is 1. The fourth-order valence-electron chi connectivity index (χ4n) is 5.78. The molecule has 13 heteroatoms. The van der Waals surface area contributed by atoms with Crippen molar-refractivity contribution in [2.75, 3.05) is 31.6 Å². The molecule has 3 aromatic rings. The maximum atomic E-state index is 14.1. The molecule has 5 rings (SSSR count). The summed E-state index contributed by atoms with van der Waals surface area (Å²) in [4.78, 5) is 17.9. The Balaban J connectivity index is 1.35. The molecule has 11 nitrogen and oxygen atoms in total. The van der Waals surface area contributed by atoms with Crippen molar-refractivity contribution in [1.82, 2.24) is 14.6 Å². The number of carbonyl (C=O) groups excluding carboxylic acids is 1. The lowest BCUT2D eigenvalue weighted by Crippen LogP contribution is -2.52. The standard InChI is InChI=1S/C32H44N4O7S2/c1-20(2)18-36(45(39,40)23-10-11-25-29(17-23)44-31(34-25)33-21(3)4)19-27(37)26(16-22-8-6-5-7-9-22)35-32(38)43-28-13-15-42-30-24(28)12-14-41-30/h5-11,17,20-21,24,26-28,30,37H,12-16,18-19H2,1-4H3,(H,33,34)(H,35,38)/t24-,26-,27+,28-,30+/m0/s1. The van der Waals surface area contributed by atoms with E-state index in [0.717, 1.165) is 21.8 Å². The van der Waals surface area contributed by atoms with Gasteiger partial charge in [0.25, 0.3) is 0 Å².